The molecule has 0 aliphatic heterocycles. The first-order valence-corrected chi connectivity index (χ1v) is 6.22. The smallest absolute Gasteiger partial charge is 0.222 e. The first-order chi connectivity index (χ1) is 10.0. The number of ether oxygens (including phenoxy) is 1. The quantitative estimate of drug-likeness (QED) is 0.830. The van der Waals surface area contributed by atoms with E-state index in [4.69, 9.17) is 16.2 Å². The highest BCUT2D eigenvalue weighted by Gasteiger charge is 2.16. The third-order valence-electron chi connectivity index (χ3n) is 2.68. The van der Waals surface area contributed by atoms with Crippen molar-refractivity contribution in [1.29, 1.82) is 5.26 Å². The maximum absolute atomic E-state index is 9.25. The van der Waals surface area contributed by atoms with Crippen molar-refractivity contribution in [2.75, 3.05) is 18.1 Å². The molecule has 1 aromatic carbocycles. The normalized spacial score (nSPS) is 9.90. The van der Waals surface area contributed by atoms with Crippen LogP contribution in [0.1, 0.15) is 12.5 Å². The second-order valence-electron chi connectivity index (χ2n) is 4.54. The molecule has 0 saturated carbocycles. The third kappa shape index (κ3) is 3.09. The Morgan fingerprint density at radius 3 is 2.71 bits per heavy atom. The summed E-state index contributed by atoms with van der Waals surface area (Å²) >= 11 is 0. The van der Waals surface area contributed by atoms with Crippen molar-refractivity contribution in [3.05, 3.63) is 42.0 Å². The highest BCUT2D eigenvalue weighted by Crippen LogP contribution is 2.32. The van der Waals surface area contributed by atoms with Gasteiger partial charge in [0.25, 0.3) is 0 Å². The lowest BCUT2D eigenvalue weighted by atomic mass is 10.1. The Kier molecular flexibility index (Phi) is 4.05. The lowest BCUT2D eigenvalue weighted by Gasteiger charge is -2.12. The highest BCUT2D eigenvalue weighted by molar-refractivity contribution is 5.77. The zero-order chi connectivity index (χ0) is 15.4. The first kappa shape index (κ1) is 14.3. The van der Waals surface area contributed by atoms with Crippen LogP contribution in [0.2, 0.25) is 0 Å². The summed E-state index contributed by atoms with van der Waals surface area (Å²) in [5.41, 5.74) is 13.4. The topological polar surface area (TPSA) is 111 Å². The molecule has 0 aliphatic rings. The molecule has 106 valence electrons. The largest absolute Gasteiger partial charge is 0.489 e. The number of nitrogens with zero attached hydrogens (tertiary/aromatic N) is 3. The fourth-order valence-corrected chi connectivity index (χ4v) is 1.79. The van der Waals surface area contributed by atoms with Crippen LogP contribution in [-0.4, -0.2) is 16.6 Å². The van der Waals surface area contributed by atoms with E-state index < -0.39 is 0 Å². The van der Waals surface area contributed by atoms with E-state index in [0.29, 0.717) is 23.6 Å². The molecule has 2 aromatic rings. The SMILES string of the molecule is C=C(C)COc1ccccc1-c1nc(N)nc(N)c1C#N. The van der Waals surface area contributed by atoms with Gasteiger partial charge in [-0.1, -0.05) is 18.7 Å². The number of nitrogen functional groups attached to an aromatic ring is 2. The average Bonchev–Trinajstić information content (AvgIpc) is 2.44. The van der Waals surface area contributed by atoms with Gasteiger partial charge in [-0.2, -0.15) is 10.2 Å². The summed E-state index contributed by atoms with van der Waals surface area (Å²) in [6.07, 6.45) is 0. The molecule has 0 aliphatic carbocycles. The number of aromatic nitrogens is 2. The van der Waals surface area contributed by atoms with E-state index >= 15 is 0 Å². The molecule has 0 fully saturated rings. The van der Waals surface area contributed by atoms with Crippen LogP contribution < -0.4 is 16.2 Å². The van der Waals surface area contributed by atoms with Gasteiger partial charge in [0.15, 0.2) is 0 Å². The van der Waals surface area contributed by atoms with Crippen LogP contribution in [0.5, 0.6) is 5.75 Å². The van der Waals surface area contributed by atoms with Crippen LogP contribution in [0.25, 0.3) is 11.3 Å². The molecular weight excluding hydrogens is 266 g/mol. The van der Waals surface area contributed by atoms with Crippen molar-refractivity contribution in [3.63, 3.8) is 0 Å². The molecule has 0 spiro atoms. The molecule has 1 heterocycles. The van der Waals surface area contributed by atoms with E-state index in [9.17, 15) is 5.26 Å². The minimum atomic E-state index is 0.0104. The summed E-state index contributed by atoms with van der Waals surface area (Å²) in [4.78, 5) is 7.93. The van der Waals surface area contributed by atoms with Crippen molar-refractivity contribution < 1.29 is 4.74 Å². The molecule has 4 N–H and O–H groups in total. The highest BCUT2D eigenvalue weighted by atomic mass is 16.5. The van der Waals surface area contributed by atoms with Crippen molar-refractivity contribution in [1.82, 2.24) is 9.97 Å². The number of hydrogen-bond donors (Lipinski definition) is 2. The average molecular weight is 281 g/mol. The molecule has 0 atom stereocenters. The number of rotatable bonds is 4. The Labute approximate surface area is 122 Å². The molecule has 0 saturated heterocycles. The molecule has 6 nitrogen and oxygen atoms in total. The van der Waals surface area contributed by atoms with Crippen molar-refractivity contribution >= 4 is 11.8 Å². The Hall–Kier alpha value is -3.07. The molecule has 21 heavy (non-hydrogen) atoms. The summed E-state index contributed by atoms with van der Waals surface area (Å²) < 4.78 is 5.68. The second kappa shape index (κ2) is 5.92. The van der Waals surface area contributed by atoms with Gasteiger partial charge in [0.2, 0.25) is 5.95 Å². The maximum Gasteiger partial charge on any atom is 0.222 e. The molecule has 1 aromatic heterocycles. The number of para-hydroxylation sites is 1. The van der Waals surface area contributed by atoms with Crippen LogP contribution in [0.4, 0.5) is 11.8 Å². The minimum absolute atomic E-state index is 0.0104. The van der Waals surface area contributed by atoms with E-state index in [1.54, 1.807) is 12.1 Å². The predicted molar refractivity (Wildman–Crippen MR) is 81.3 cm³/mol. The van der Waals surface area contributed by atoms with E-state index in [1.807, 2.05) is 25.1 Å². The van der Waals surface area contributed by atoms with Gasteiger partial charge >= 0.3 is 0 Å². The molecule has 0 unspecified atom stereocenters. The molecule has 0 bridgehead atoms. The molecule has 6 heteroatoms. The van der Waals surface area contributed by atoms with Gasteiger partial charge in [0.05, 0.1) is 5.69 Å². The van der Waals surface area contributed by atoms with E-state index in [0.717, 1.165) is 5.57 Å². The van der Waals surface area contributed by atoms with Crippen LogP contribution in [-0.2, 0) is 0 Å². The van der Waals surface area contributed by atoms with Crippen LogP contribution in [0.15, 0.2) is 36.4 Å². The standard InChI is InChI=1S/C15H15N5O/c1-9(2)8-21-12-6-4-3-5-10(12)13-11(7-16)14(17)20-15(18)19-13/h3-6H,1,8H2,2H3,(H4,17,18,19,20). The van der Waals surface area contributed by atoms with Gasteiger partial charge < -0.3 is 16.2 Å². The summed E-state index contributed by atoms with van der Waals surface area (Å²) in [6, 6.07) is 9.22. The van der Waals surface area contributed by atoms with Crippen molar-refractivity contribution in [2.24, 2.45) is 0 Å². The predicted octanol–water partition coefficient (Wildman–Crippen LogP) is 2.13. The third-order valence-corrected chi connectivity index (χ3v) is 2.68. The van der Waals surface area contributed by atoms with Gasteiger partial charge in [0, 0.05) is 5.56 Å². The molecule has 0 amide bonds. The zero-order valence-corrected chi connectivity index (χ0v) is 11.6. The molecule has 0 radical (unpaired) electrons. The van der Waals surface area contributed by atoms with Crippen LogP contribution >= 0.6 is 0 Å². The van der Waals surface area contributed by atoms with Crippen molar-refractivity contribution in [3.8, 4) is 23.1 Å². The van der Waals surface area contributed by atoms with Gasteiger partial charge in [-0.05, 0) is 24.6 Å². The summed E-state index contributed by atoms with van der Waals surface area (Å²) in [7, 11) is 0. The fourth-order valence-electron chi connectivity index (χ4n) is 1.79. The summed E-state index contributed by atoms with van der Waals surface area (Å²) in [5, 5.41) is 9.25. The molecular formula is C15H15N5O. The van der Waals surface area contributed by atoms with E-state index in [-0.39, 0.29) is 17.3 Å². The summed E-state index contributed by atoms with van der Waals surface area (Å²) in [5.74, 6) is 0.639. The fraction of sp³-hybridized carbons (Fsp3) is 0.133. The first-order valence-electron chi connectivity index (χ1n) is 6.22. The number of nitrogens with two attached hydrogens (primary N) is 2. The number of nitriles is 1. The maximum atomic E-state index is 9.25. The van der Waals surface area contributed by atoms with E-state index in [1.165, 1.54) is 0 Å². The lowest BCUT2D eigenvalue weighted by molar-refractivity contribution is 0.354. The second-order valence-corrected chi connectivity index (χ2v) is 4.54. The Morgan fingerprint density at radius 1 is 1.33 bits per heavy atom. The number of anilines is 2. The van der Waals surface area contributed by atoms with Gasteiger partial charge in [-0.3, -0.25) is 0 Å². The molecule has 2 rings (SSSR count). The Bertz CT molecular complexity index is 733. The van der Waals surface area contributed by atoms with Crippen LogP contribution in [0.3, 0.4) is 0 Å². The Morgan fingerprint density at radius 2 is 2.05 bits per heavy atom. The van der Waals surface area contributed by atoms with Crippen LogP contribution in [0, 0.1) is 11.3 Å². The summed E-state index contributed by atoms with van der Waals surface area (Å²) in [6.45, 7) is 6.03. The minimum Gasteiger partial charge on any atom is -0.489 e. The Balaban J connectivity index is 2.57. The van der Waals surface area contributed by atoms with E-state index in [2.05, 4.69) is 16.5 Å². The van der Waals surface area contributed by atoms with Gasteiger partial charge in [-0.25, -0.2) is 4.98 Å². The lowest BCUT2D eigenvalue weighted by Crippen LogP contribution is -2.06. The monoisotopic (exact) mass is 281 g/mol. The van der Waals surface area contributed by atoms with Gasteiger partial charge in [-0.15, -0.1) is 0 Å². The van der Waals surface area contributed by atoms with Crippen molar-refractivity contribution in [2.45, 2.75) is 6.92 Å². The number of benzene rings is 1. The zero-order valence-electron chi connectivity index (χ0n) is 11.6. The number of hydrogen-bond acceptors (Lipinski definition) is 6. The van der Waals surface area contributed by atoms with Gasteiger partial charge in [0.1, 0.15) is 29.8 Å².